The van der Waals surface area contributed by atoms with Gasteiger partial charge in [0.05, 0.1) is 0 Å². The van der Waals surface area contributed by atoms with Crippen LogP contribution in [0.4, 0.5) is 4.79 Å². The van der Waals surface area contributed by atoms with E-state index in [1.807, 2.05) is 46.9 Å². The van der Waals surface area contributed by atoms with Crippen molar-refractivity contribution >= 4 is 17.5 Å². The Labute approximate surface area is 244 Å². The fourth-order valence-electron chi connectivity index (χ4n) is 3.72. The number of amides is 1. The lowest BCUT2D eigenvalue weighted by atomic mass is 10.0. The van der Waals surface area contributed by atoms with Gasteiger partial charge >= 0.3 is 6.09 Å². The minimum atomic E-state index is -0.389. The van der Waals surface area contributed by atoms with Crippen LogP contribution in [0, 0.1) is 12.8 Å². The predicted molar refractivity (Wildman–Crippen MR) is 170 cm³/mol. The largest absolute Gasteiger partial charge is 0.444 e. The number of aryl methyl sites for hydroxylation is 1. The molecule has 0 aromatic carbocycles. The lowest BCUT2D eigenvalue weighted by Gasteiger charge is -2.27. The van der Waals surface area contributed by atoms with Gasteiger partial charge in [0.2, 0.25) is 0 Å². The van der Waals surface area contributed by atoms with Crippen molar-refractivity contribution in [3.8, 4) is 0 Å². The zero-order valence-corrected chi connectivity index (χ0v) is 27.1. The first kappa shape index (κ1) is 34.9. The lowest BCUT2D eigenvalue weighted by molar-refractivity contribution is 0.0541. The molecule has 7 nitrogen and oxygen atoms in total. The lowest BCUT2D eigenvalue weighted by Crippen LogP contribution is -2.30. The molecule has 0 radical (unpaired) electrons. The Morgan fingerprint density at radius 2 is 1.80 bits per heavy atom. The first-order valence-electron chi connectivity index (χ1n) is 14.9. The number of pyridine rings is 1. The fourth-order valence-corrected chi connectivity index (χ4v) is 3.72. The molecule has 0 atom stereocenters. The maximum Gasteiger partial charge on any atom is 0.407 e. The number of likely N-dealkylation sites (tertiary alicyclic amines) is 1. The molecule has 1 amide bonds. The number of carbonyl (C=O) groups excluding carboxylic acids is 1. The Morgan fingerprint density at radius 1 is 1.20 bits per heavy atom. The molecule has 3 aliphatic rings. The average Bonchev–Trinajstić information content (AvgIpc) is 3.51. The Morgan fingerprint density at radius 3 is 2.25 bits per heavy atom. The number of allylic oxidation sites excluding steroid dienone is 3. The maximum atomic E-state index is 10.5. The van der Waals surface area contributed by atoms with Crippen LogP contribution in [0.2, 0.25) is 0 Å². The van der Waals surface area contributed by atoms with E-state index in [0.717, 1.165) is 53.9 Å². The van der Waals surface area contributed by atoms with Crippen LogP contribution in [0.15, 0.2) is 53.1 Å². The Balaban J connectivity index is 0.000000439. The number of hydrogen-bond donors (Lipinski definition) is 1. The molecule has 0 bridgehead atoms. The second kappa shape index (κ2) is 17.6. The van der Waals surface area contributed by atoms with Crippen molar-refractivity contribution in [1.82, 2.24) is 20.1 Å². The quantitative estimate of drug-likeness (QED) is 0.411. The Hall–Kier alpha value is -3.09. The molecular weight excluding hydrogens is 498 g/mol. The number of aliphatic imine (C=N–C) groups is 1. The molecule has 1 aromatic rings. The summed E-state index contributed by atoms with van der Waals surface area (Å²) >= 11 is 0. The third-order valence-corrected chi connectivity index (χ3v) is 6.39. The zero-order valence-electron chi connectivity index (χ0n) is 27.1. The predicted octanol–water partition coefficient (Wildman–Crippen LogP) is 7.95. The molecule has 7 heteroatoms. The fraction of sp³-hybridized carbons (Fsp3) is 0.606. The highest BCUT2D eigenvalue weighted by Crippen LogP contribution is 2.29. The number of hydrogen-bond acceptors (Lipinski definition) is 6. The summed E-state index contributed by atoms with van der Waals surface area (Å²) in [6, 6.07) is 4.14. The Bertz CT molecular complexity index is 1040. The molecule has 1 N–H and O–H groups in total. The molecule has 0 unspecified atom stereocenters. The highest BCUT2D eigenvalue weighted by Gasteiger charge is 2.21. The number of alkyl carbamates (subject to hydrolysis) is 1. The smallest absolute Gasteiger partial charge is 0.407 e. The summed E-state index contributed by atoms with van der Waals surface area (Å²) in [6.45, 7) is 20.4. The van der Waals surface area contributed by atoms with Crippen molar-refractivity contribution in [2.24, 2.45) is 10.9 Å². The number of nitrogens with zero attached hydrogens (tertiary/aromatic N) is 4. The van der Waals surface area contributed by atoms with Crippen LogP contribution in [0.5, 0.6) is 0 Å². The molecule has 1 aromatic heterocycles. The van der Waals surface area contributed by atoms with E-state index < -0.39 is 0 Å². The number of amidine groups is 1. The molecule has 0 spiro atoms. The van der Waals surface area contributed by atoms with Crippen LogP contribution in [-0.2, 0) is 4.74 Å². The molecule has 2 aliphatic heterocycles. The van der Waals surface area contributed by atoms with Crippen molar-refractivity contribution in [2.45, 2.75) is 100 Å². The molecular formula is C33H55N5O2. The summed E-state index contributed by atoms with van der Waals surface area (Å²) in [4.78, 5) is 24.5. The zero-order chi connectivity index (χ0) is 30.3. The van der Waals surface area contributed by atoms with Gasteiger partial charge in [0.1, 0.15) is 17.3 Å². The summed E-state index contributed by atoms with van der Waals surface area (Å²) in [6.07, 6.45) is 14.5. The number of rotatable bonds is 3. The second-order valence-electron chi connectivity index (χ2n) is 11.2. The van der Waals surface area contributed by atoms with E-state index in [2.05, 4.69) is 79.3 Å². The van der Waals surface area contributed by atoms with Gasteiger partial charge in [0.25, 0.3) is 0 Å². The van der Waals surface area contributed by atoms with Gasteiger partial charge in [0, 0.05) is 56.4 Å². The van der Waals surface area contributed by atoms with Gasteiger partial charge in [-0.2, -0.15) is 0 Å². The van der Waals surface area contributed by atoms with Gasteiger partial charge in [-0.25, -0.2) is 9.79 Å². The van der Waals surface area contributed by atoms with Crippen molar-refractivity contribution in [2.75, 3.05) is 27.2 Å². The third-order valence-electron chi connectivity index (χ3n) is 6.39. The van der Waals surface area contributed by atoms with E-state index in [9.17, 15) is 4.79 Å². The summed E-state index contributed by atoms with van der Waals surface area (Å²) < 4.78 is 4.84. The van der Waals surface area contributed by atoms with Crippen molar-refractivity contribution in [1.29, 1.82) is 0 Å². The highest BCUT2D eigenvalue weighted by molar-refractivity contribution is 5.96. The van der Waals surface area contributed by atoms with E-state index in [4.69, 9.17) is 9.73 Å². The van der Waals surface area contributed by atoms with Crippen LogP contribution >= 0.6 is 0 Å². The highest BCUT2D eigenvalue weighted by atomic mass is 16.6. The molecule has 3 heterocycles. The van der Waals surface area contributed by atoms with Gasteiger partial charge < -0.3 is 19.9 Å². The SMILES string of the molecule is CC.CC1CC1.CCC(C)=C/C(=C1/N=C(N2CCCC2)C=CN1C)c1cccnc1C.CNC(=O)OC(C)(C)C. The van der Waals surface area contributed by atoms with Crippen LogP contribution < -0.4 is 5.32 Å². The van der Waals surface area contributed by atoms with E-state index in [-0.39, 0.29) is 11.7 Å². The maximum absolute atomic E-state index is 10.5. The van der Waals surface area contributed by atoms with Crippen LogP contribution in [0.1, 0.15) is 98.8 Å². The molecule has 1 saturated heterocycles. The monoisotopic (exact) mass is 553 g/mol. The third kappa shape index (κ3) is 12.8. The van der Waals surface area contributed by atoms with E-state index in [0.29, 0.717) is 0 Å². The molecule has 2 fully saturated rings. The van der Waals surface area contributed by atoms with E-state index >= 15 is 0 Å². The summed E-state index contributed by atoms with van der Waals surface area (Å²) in [7, 11) is 3.60. The number of nitrogens with one attached hydrogen (secondary N) is 1. The topological polar surface area (TPSA) is 70.1 Å². The minimum Gasteiger partial charge on any atom is -0.444 e. The first-order valence-corrected chi connectivity index (χ1v) is 14.9. The number of ether oxygens (including phenoxy) is 1. The van der Waals surface area contributed by atoms with Crippen LogP contribution in [0.3, 0.4) is 0 Å². The Kier molecular flexibility index (Phi) is 15.3. The second-order valence-corrected chi connectivity index (χ2v) is 11.2. The van der Waals surface area contributed by atoms with E-state index in [1.54, 1.807) is 0 Å². The first-order chi connectivity index (χ1) is 18.9. The van der Waals surface area contributed by atoms with Crippen LogP contribution in [0.25, 0.3) is 5.57 Å². The summed E-state index contributed by atoms with van der Waals surface area (Å²) in [5, 5.41) is 2.36. The molecule has 1 aliphatic carbocycles. The summed E-state index contributed by atoms with van der Waals surface area (Å²) in [5.74, 6) is 3.15. The molecule has 224 valence electrons. The standard InChI is InChI=1S/C21H28N4.C6H13NO2.C4H8.C2H6/c1-5-16(2)15-19(18-9-8-11-22-17(18)3)21-23-20(10-14-24(21)4)25-12-6-7-13-25;1-6(2,3)9-5(8)7-4;1-4-2-3-4;1-2/h8-11,14-15H,5-7,12-13H2,1-4H3;1-4H3,(H,7,8);4H,2-3H2,1H3;1-2H3/b16-15?,21-19+;;;. The van der Waals surface area contributed by atoms with Gasteiger partial charge in [0.15, 0.2) is 0 Å². The van der Waals surface area contributed by atoms with Crippen molar-refractivity contribution in [3.63, 3.8) is 0 Å². The van der Waals surface area contributed by atoms with Crippen LogP contribution in [-0.4, -0.2) is 59.5 Å². The molecule has 40 heavy (non-hydrogen) atoms. The van der Waals surface area contributed by atoms with Crippen molar-refractivity contribution < 1.29 is 9.53 Å². The normalized spacial score (nSPS) is 17.8. The number of carbonyl (C=O) groups is 1. The van der Waals surface area contributed by atoms with Gasteiger partial charge in [-0.15, -0.1) is 0 Å². The van der Waals surface area contributed by atoms with Gasteiger partial charge in [-0.3, -0.25) is 4.98 Å². The van der Waals surface area contributed by atoms with Crippen molar-refractivity contribution in [3.05, 3.63) is 59.3 Å². The molecule has 1 saturated carbocycles. The molecule has 4 rings (SSSR count). The van der Waals surface area contributed by atoms with Gasteiger partial charge in [-0.1, -0.05) is 58.3 Å². The summed E-state index contributed by atoms with van der Waals surface area (Å²) in [5.41, 5.74) is 4.28. The number of aromatic nitrogens is 1. The van der Waals surface area contributed by atoms with Gasteiger partial charge in [-0.05, 0) is 71.9 Å². The van der Waals surface area contributed by atoms with E-state index in [1.165, 1.54) is 38.3 Å². The minimum absolute atomic E-state index is 0.387. The average molecular weight is 554 g/mol.